The minimum atomic E-state index is -0.204. The smallest absolute Gasteiger partial charge is 0.350 e. The number of carbonyl (C=O) groups is 1. The van der Waals surface area contributed by atoms with Crippen LogP contribution in [-0.4, -0.2) is 31.8 Å². The van der Waals surface area contributed by atoms with Gasteiger partial charge >= 0.3 is 5.69 Å². The van der Waals surface area contributed by atoms with Crippen LogP contribution in [0.5, 0.6) is 0 Å². The third kappa shape index (κ3) is 3.33. The van der Waals surface area contributed by atoms with Gasteiger partial charge in [-0.3, -0.25) is 9.20 Å². The van der Waals surface area contributed by atoms with Crippen molar-refractivity contribution < 1.29 is 9.32 Å². The van der Waals surface area contributed by atoms with E-state index in [1.165, 1.54) is 9.08 Å². The summed E-state index contributed by atoms with van der Waals surface area (Å²) >= 11 is 0. The number of fused-ring (bicyclic) bond motifs is 1. The van der Waals surface area contributed by atoms with E-state index < -0.39 is 0 Å². The summed E-state index contributed by atoms with van der Waals surface area (Å²) in [6.45, 7) is 6.52. The number of aryl methyl sites for hydroxylation is 2. The van der Waals surface area contributed by atoms with Crippen LogP contribution in [0, 0.1) is 6.92 Å². The van der Waals surface area contributed by atoms with Gasteiger partial charge in [-0.25, -0.2) is 9.48 Å². The summed E-state index contributed by atoms with van der Waals surface area (Å²) in [5.41, 5.74) is 1.51. The Hall–Kier alpha value is -2.90. The van der Waals surface area contributed by atoms with Crippen molar-refractivity contribution >= 4 is 11.6 Å². The van der Waals surface area contributed by atoms with Gasteiger partial charge in [0.05, 0.1) is 5.69 Å². The second-order valence-corrected chi connectivity index (χ2v) is 6.21. The summed E-state index contributed by atoms with van der Waals surface area (Å²) in [6.07, 6.45) is 2.28. The van der Waals surface area contributed by atoms with Gasteiger partial charge in [0.25, 0.3) is 5.91 Å². The minimum absolute atomic E-state index is 0.0819. The molecule has 0 aliphatic carbocycles. The van der Waals surface area contributed by atoms with E-state index in [0.29, 0.717) is 42.2 Å². The maximum atomic E-state index is 12.4. The summed E-state index contributed by atoms with van der Waals surface area (Å²) in [4.78, 5) is 24.5. The molecule has 1 N–H and O–H groups in total. The Kier molecular flexibility index (Phi) is 4.69. The normalized spacial score (nSPS) is 11.4. The molecule has 0 aromatic carbocycles. The predicted octanol–water partition coefficient (Wildman–Crippen LogP) is 1.74. The highest BCUT2D eigenvalue weighted by Gasteiger charge is 2.22. The fourth-order valence-electron chi connectivity index (χ4n) is 2.69. The van der Waals surface area contributed by atoms with E-state index in [-0.39, 0.29) is 17.5 Å². The first kappa shape index (κ1) is 16.9. The standard InChI is InChI=1S/C17H21N5O3/c1-11(2)15-14(12(3)20-25-15)16(23)18-8-6-10-22-17(24)21-9-5-4-7-13(21)19-22/h4-5,7,9,11H,6,8,10H2,1-3H3,(H,18,23). The van der Waals surface area contributed by atoms with Gasteiger partial charge in [-0.05, 0) is 25.5 Å². The number of carbonyl (C=O) groups excluding carboxylic acids is 1. The van der Waals surface area contributed by atoms with E-state index in [1.54, 1.807) is 25.3 Å². The Morgan fingerprint density at radius 3 is 2.88 bits per heavy atom. The molecule has 8 heteroatoms. The quantitative estimate of drug-likeness (QED) is 0.688. The summed E-state index contributed by atoms with van der Waals surface area (Å²) in [7, 11) is 0. The zero-order valence-electron chi connectivity index (χ0n) is 14.5. The molecule has 0 saturated carbocycles. The lowest BCUT2D eigenvalue weighted by Crippen LogP contribution is -2.28. The van der Waals surface area contributed by atoms with Crippen LogP contribution in [0.4, 0.5) is 0 Å². The van der Waals surface area contributed by atoms with Gasteiger partial charge in [0.1, 0.15) is 5.56 Å². The highest BCUT2D eigenvalue weighted by atomic mass is 16.5. The molecule has 0 fully saturated rings. The maximum Gasteiger partial charge on any atom is 0.350 e. The van der Waals surface area contributed by atoms with Crippen molar-refractivity contribution in [2.45, 2.75) is 39.7 Å². The Balaban J connectivity index is 1.60. The monoisotopic (exact) mass is 343 g/mol. The number of nitrogens with zero attached hydrogens (tertiary/aromatic N) is 4. The second kappa shape index (κ2) is 6.92. The summed E-state index contributed by atoms with van der Waals surface area (Å²) in [5, 5.41) is 11.0. The Morgan fingerprint density at radius 1 is 1.36 bits per heavy atom. The third-order valence-corrected chi connectivity index (χ3v) is 3.96. The highest BCUT2D eigenvalue weighted by Crippen LogP contribution is 2.21. The molecular weight excluding hydrogens is 322 g/mol. The number of pyridine rings is 1. The maximum absolute atomic E-state index is 12.4. The number of amides is 1. The molecule has 25 heavy (non-hydrogen) atoms. The van der Waals surface area contributed by atoms with Crippen LogP contribution >= 0.6 is 0 Å². The van der Waals surface area contributed by atoms with E-state index in [2.05, 4.69) is 15.6 Å². The average molecular weight is 343 g/mol. The van der Waals surface area contributed by atoms with Gasteiger partial charge in [0.15, 0.2) is 11.4 Å². The van der Waals surface area contributed by atoms with Gasteiger partial charge in [0, 0.05) is 25.2 Å². The second-order valence-electron chi connectivity index (χ2n) is 6.21. The molecule has 3 aromatic heterocycles. The summed E-state index contributed by atoms with van der Waals surface area (Å²) < 4.78 is 8.14. The molecule has 3 rings (SSSR count). The van der Waals surface area contributed by atoms with E-state index >= 15 is 0 Å². The van der Waals surface area contributed by atoms with E-state index in [1.807, 2.05) is 19.9 Å². The Labute approximate surface area is 144 Å². The molecule has 0 atom stereocenters. The predicted molar refractivity (Wildman–Crippen MR) is 91.7 cm³/mol. The topological polar surface area (TPSA) is 94.4 Å². The van der Waals surface area contributed by atoms with Gasteiger partial charge in [-0.2, -0.15) is 0 Å². The molecule has 0 saturated heterocycles. The first-order valence-electron chi connectivity index (χ1n) is 8.27. The van der Waals surface area contributed by atoms with Crippen molar-refractivity contribution in [1.82, 2.24) is 24.7 Å². The highest BCUT2D eigenvalue weighted by molar-refractivity contribution is 5.96. The lowest BCUT2D eigenvalue weighted by atomic mass is 10.0. The average Bonchev–Trinajstić information content (AvgIpc) is 3.13. The lowest BCUT2D eigenvalue weighted by Gasteiger charge is -2.07. The van der Waals surface area contributed by atoms with Crippen LogP contribution in [0.3, 0.4) is 0 Å². The van der Waals surface area contributed by atoms with Crippen LogP contribution in [0.25, 0.3) is 5.65 Å². The lowest BCUT2D eigenvalue weighted by molar-refractivity contribution is 0.0949. The fourth-order valence-corrected chi connectivity index (χ4v) is 2.69. The van der Waals surface area contributed by atoms with Crippen molar-refractivity contribution in [2.75, 3.05) is 6.54 Å². The van der Waals surface area contributed by atoms with Crippen molar-refractivity contribution in [3.63, 3.8) is 0 Å². The Bertz CT molecular complexity index is 951. The number of hydrogen-bond acceptors (Lipinski definition) is 5. The number of rotatable bonds is 6. The Morgan fingerprint density at radius 2 is 2.16 bits per heavy atom. The SMILES string of the molecule is Cc1noc(C(C)C)c1C(=O)NCCCn1nc2ccccn2c1=O. The third-order valence-electron chi connectivity index (χ3n) is 3.96. The van der Waals surface area contributed by atoms with Crippen LogP contribution in [0.15, 0.2) is 33.7 Å². The molecule has 0 aliphatic heterocycles. The zero-order valence-corrected chi connectivity index (χ0v) is 14.5. The van der Waals surface area contributed by atoms with Crippen molar-refractivity contribution in [2.24, 2.45) is 0 Å². The molecule has 0 aliphatic rings. The van der Waals surface area contributed by atoms with Crippen molar-refractivity contribution in [1.29, 1.82) is 0 Å². The van der Waals surface area contributed by atoms with Crippen LogP contribution in [0.1, 0.15) is 48.0 Å². The van der Waals surface area contributed by atoms with Crippen molar-refractivity contribution in [3.8, 4) is 0 Å². The molecule has 0 unspecified atom stereocenters. The number of aromatic nitrogens is 4. The van der Waals surface area contributed by atoms with E-state index in [4.69, 9.17) is 4.52 Å². The first-order valence-corrected chi connectivity index (χ1v) is 8.27. The van der Waals surface area contributed by atoms with Crippen LogP contribution in [0.2, 0.25) is 0 Å². The van der Waals surface area contributed by atoms with Crippen molar-refractivity contribution in [3.05, 3.63) is 51.9 Å². The van der Waals surface area contributed by atoms with E-state index in [0.717, 1.165) is 0 Å². The molecule has 132 valence electrons. The van der Waals surface area contributed by atoms with Crippen LogP contribution in [-0.2, 0) is 6.54 Å². The molecule has 0 bridgehead atoms. The van der Waals surface area contributed by atoms with Gasteiger partial charge in [0.2, 0.25) is 0 Å². The number of nitrogens with one attached hydrogen (secondary N) is 1. The molecule has 1 amide bonds. The van der Waals surface area contributed by atoms with Gasteiger partial charge in [-0.15, -0.1) is 5.10 Å². The summed E-state index contributed by atoms with van der Waals surface area (Å²) in [6, 6.07) is 5.40. The zero-order chi connectivity index (χ0) is 18.0. The molecule has 3 heterocycles. The molecule has 3 aromatic rings. The molecule has 0 spiro atoms. The van der Waals surface area contributed by atoms with Crippen LogP contribution < -0.4 is 11.0 Å². The largest absolute Gasteiger partial charge is 0.360 e. The van der Waals surface area contributed by atoms with Gasteiger partial charge < -0.3 is 9.84 Å². The molecular formula is C17H21N5O3. The molecule has 8 nitrogen and oxygen atoms in total. The first-order chi connectivity index (χ1) is 12.0. The van der Waals surface area contributed by atoms with Gasteiger partial charge in [-0.1, -0.05) is 25.1 Å². The number of hydrogen-bond donors (Lipinski definition) is 1. The fraction of sp³-hybridized carbons (Fsp3) is 0.412. The molecule has 0 radical (unpaired) electrons. The minimum Gasteiger partial charge on any atom is -0.360 e. The summed E-state index contributed by atoms with van der Waals surface area (Å²) in [5.74, 6) is 0.467. The van der Waals surface area contributed by atoms with E-state index in [9.17, 15) is 9.59 Å².